The lowest BCUT2D eigenvalue weighted by atomic mass is 9.91. The van der Waals surface area contributed by atoms with Crippen LogP contribution in [-0.2, 0) is 11.6 Å². The Morgan fingerprint density at radius 2 is 1.89 bits per heavy atom. The van der Waals surface area contributed by atoms with E-state index in [1.807, 2.05) is 20.8 Å². The van der Waals surface area contributed by atoms with E-state index in [4.69, 9.17) is 0 Å². The van der Waals surface area contributed by atoms with Crippen LogP contribution in [0.25, 0.3) is 5.69 Å². The summed E-state index contributed by atoms with van der Waals surface area (Å²) in [6.07, 6.45) is -4.44. The third kappa shape index (κ3) is 2.80. The Labute approximate surface area is 109 Å². The predicted molar refractivity (Wildman–Crippen MR) is 66.1 cm³/mol. The van der Waals surface area contributed by atoms with Crippen molar-refractivity contribution in [3.63, 3.8) is 0 Å². The van der Waals surface area contributed by atoms with Crippen LogP contribution < -0.4 is 0 Å². The molecule has 1 aromatic carbocycles. The van der Waals surface area contributed by atoms with Crippen LogP contribution in [0, 0.1) is 6.07 Å². The van der Waals surface area contributed by atoms with Crippen LogP contribution in [0.5, 0.6) is 0 Å². The van der Waals surface area contributed by atoms with Crippen molar-refractivity contribution in [1.29, 1.82) is 0 Å². The van der Waals surface area contributed by atoms with Crippen molar-refractivity contribution in [2.75, 3.05) is 0 Å². The molecule has 0 amide bonds. The van der Waals surface area contributed by atoms with Crippen LogP contribution in [0.15, 0.2) is 30.3 Å². The Balaban J connectivity index is 2.63. The lowest BCUT2D eigenvalue weighted by Crippen LogP contribution is -2.17. The van der Waals surface area contributed by atoms with Gasteiger partial charge in [-0.05, 0) is 24.3 Å². The highest BCUT2D eigenvalue weighted by molar-refractivity contribution is 5.35. The number of alkyl halides is 3. The van der Waals surface area contributed by atoms with E-state index >= 15 is 0 Å². The second-order valence-electron chi connectivity index (χ2n) is 5.34. The van der Waals surface area contributed by atoms with Crippen molar-refractivity contribution in [3.05, 3.63) is 47.8 Å². The molecule has 0 unspecified atom stereocenters. The molecule has 0 saturated carbocycles. The second kappa shape index (κ2) is 4.40. The van der Waals surface area contributed by atoms with E-state index in [-0.39, 0.29) is 0 Å². The second-order valence-corrected chi connectivity index (χ2v) is 5.34. The summed E-state index contributed by atoms with van der Waals surface area (Å²) in [6, 6.07) is 10.7. The molecule has 0 aliphatic rings. The molecule has 0 atom stereocenters. The van der Waals surface area contributed by atoms with Crippen LogP contribution in [-0.4, -0.2) is 9.78 Å². The summed E-state index contributed by atoms with van der Waals surface area (Å²) < 4.78 is 39.7. The fourth-order valence-electron chi connectivity index (χ4n) is 1.77. The Morgan fingerprint density at radius 1 is 1.21 bits per heavy atom. The zero-order valence-electron chi connectivity index (χ0n) is 10.9. The van der Waals surface area contributed by atoms with E-state index in [0.717, 1.165) is 6.07 Å². The first kappa shape index (κ1) is 13.6. The summed E-state index contributed by atoms with van der Waals surface area (Å²) >= 11 is 0. The van der Waals surface area contributed by atoms with Gasteiger partial charge < -0.3 is 0 Å². The van der Waals surface area contributed by atoms with Gasteiger partial charge in [-0.2, -0.15) is 18.3 Å². The zero-order valence-corrected chi connectivity index (χ0v) is 10.9. The highest BCUT2D eigenvalue weighted by Gasteiger charge is 2.36. The van der Waals surface area contributed by atoms with Crippen molar-refractivity contribution >= 4 is 0 Å². The van der Waals surface area contributed by atoms with E-state index in [2.05, 4.69) is 11.2 Å². The van der Waals surface area contributed by atoms with Crippen molar-refractivity contribution in [3.8, 4) is 5.69 Å². The molecular formula is C14H14F3N2. The molecule has 19 heavy (non-hydrogen) atoms. The third-order valence-electron chi connectivity index (χ3n) is 2.70. The topological polar surface area (TPSA) is 17.8 Å². The number of rotatable bonds is 1. The molecule has 1 heterocycles. The van der Waals surface area contributed by atoms with Crippen molar-refractivity contribution < 1.29 is 13.2 Å². The minimum atomic E-state index is -4.44. The SMILES string of the molecule is CC(C)(C)c1cc(C(F)(F)F)nn1-c1c[c]ccc1. The highest BCUT2D eigenvalue weighted by Crippen LogP contribution is 2.33. The summed E-state index contributed by atoms with van der Waals surface area (Å²) in [4.78, 5) is 0. The predicted octanol–water partition coefficient (Wildman–Crippen LogP) is 3.99. The first-order valence-corrected chi connectivity index (χ1v) is 5.84. The largest absolute Gasteiger partial charge is 0.435 e. The van der Waals surface area contributed by atoms with Crippen molar-refractivity contribution in [2.24, 2.45) is 0 Å². The van der Waals surface area contributed by atoms with E-state index in [0.29, 0.717) is 11.4 Å². The van der Waals surface area contributed by atoms with Crippen LogP contribution in [0.4, 0.5) is 13.2 Å². The Hall–Kier alpha value is -1.78. The number of aromatic nitrogens is 2. The summed E-state index contributed by atoms with van der Waals surface area (Å²) in [5.74, 6) is 0. The number of benzene rings is 1. The minimum absolute atomic E-state index is 0.438. The van der Waals surface area contributed by atoms with Gasteiger partial charge in [0.1, 0.15) is 0 Å². The van der Waals surface area contributed by atoms with Gasteiger partial charge in [-0.3, -0.25) is 0 Å². The van der Waals surface area contributed by atoms with Crippen LogP contribution in [0.2, 0.25) is 0 Å². The van der Waals surface area contributed by atoms with Gasteiger partial charge in [0, 0.05) is 5.41 Å². The maximum absolute atomic E-state index is 12.8. The lowest BCUT2D eigenvalue weighted by Gasteiger charge is -2.20. The average molecular weight is 267 g/mol. The highest BCUT2D eigenvalue weighted by atomic mass is 19.4. The summed E-state index contributed by atoms with van der Waals surface area (Å²) in [7, 11) is 0. The molecule has 0 spiro atoms. The molecular weight excluding hydrogens is 253 g/mol. The molecule has 0 aliphatic heterocycles. The van der Waals surface area contributed by atoms with Gasteiger partial charge >= 0.3 is 6.18 Å². The van der Waals surface area contributed by atoms with Gasteiger partial charge in [-0.25, -0.2) is 4.68 Å². The summed E-state index contributed by atoms with van der Waals surface area (Å²) in [5.41, 5.74) is -0.226. The van der Waals surface area contributed by atoms with Crippen LogP contribution >= 0.6 is 0 Å². The molecule has 0 bridgehead atoms. The Kier molecular flexibility index (Phi) is 3.16. The minimum Gasteiger partial charge on any atom is -0.237 e. The standard InChI is InChI=1S/C14H14F3N2/c1-13(2,3)12-9-11(14(15,16)17)18-19(12)10-7-5-4-6-8-10/h4-5,7-9H,1-3H3. The number of hydrogen-bond donors (Lipinski definition) is 0. The van der Waals surface area contributed by atoms with Gasteiger partial charge in [0.2, 0.25) is 0 Å². The molecule has 5 heteroatoms. The van der Waals surface area contributed by atoms with E-state index in [1.54, 1.807) is 24.3 Å². The van der Waals surface area contributed by atoms with Gasteiger partial charge in [0.15, 0.2) is 5.69 Å². The molecule has 2 aromatic rings. The average Bonchev–Trinajstić information content (AvgIpc) is 2.74. The molecule has 0 N–H and O–H groups in total. The molecule has 101 valence electrons. The number of hydrogen-bond acceptors (Lipinski definition) is 1. The smallest absolute Gasteiger partial charge is 0.237 e. The van der Waals surface area contributed by atoms with Crippen LogP contribution in [0.1, 0.15) is 32.2 Å². The van der Waals surface area contributed by atoms with Gasteiger partial charge in [-0.15, -0.1) is 0 Å². The molecule has 1 radical (unpaired) electrons. The summed E-state index contributed by atoms with van der Waals surface area (Å²) in [6.45, 7) is 5.56. The monoisotopic (exact) mass is 267 g/mol. The fourth-order valence-corrected chi connectivity index (χ4v) is 1.77. The van der Waals surface area contributed by atoms with Crippen LogP contribution in [0.3, 0.4) is 0 Å². The quantitative estimate of drug-likeness (QED) is 0.764. The number of nitrogens with zero attached hydrogens (tertiary/aromatic N) is 2. The van der Waals surface area contributed by atoms with Gasteiger partial charge in [0.25, 0.3) is 0 Å². The normalized spacial score (nSPS) is 12.7. The molecule has 1 aromatic heterocycles. The fraction of sp³-hybridized carbons (Fsp3) is 0.357. The number of halogens is 3. The van der Waals surface area contributed by atoms with E-state index < -0.39 is 17.3 Å². The first-order chi connectivity index (χ1) is 8.69. The van der Waals surface area contributed by atoms with Gasteiger partial charge in [-0.1, -0.05) is 32.9 Å². The molecule has 0 aliphatic carbocycles. The first-order valence-electron chi connectivity index (χ1n) is 5.84. The third-order valence-corrected chi connectivity index (χ3v) is 2.70. The molecule has 0 fully saturated rings. The van der Waals surface area contributed by atoms with E-state index in [9.17, 15) is 13.2 Å². The maximum atomic E-state index is 12.8. The molecule has 2 rings (SSSR count). The molecule has 0 saturated heterocycles. The van der Waals surface area contributed by atoms with Crippen molar-refractivity contribution in [2.45, 2.75) is 32.4 Å². The Morgan fingerprint density at radius 3 is 2.37 bits per heavy atom. The van der Waals surface area contributed by atoms with E-state index in [1.165, 1.54) is 4.68 Å². The maximum Gasteiger partial charge on any atom is 0.435 e. The Bertz CT molecular complexity index is 563. The zero-order chi connectivity index (χ0) is 14.3. The lowest BCUT2D eigenvalue weighted by molar-refractivity contribution is -0.141. The summed E-state index contributed by atoms with van der Waals surface area (Å²) in [5, 5.41) is 3.69. The molecule has 2 nitrogen and oxygen atoms in total. The van der Waals surface area contributed by atoms with Crippen molar-refractivity contribution in [1.82, 2.24) is 9.78 Å². The van der Waals surface area contributed by atoms with Gasteiger partial charge in [0.05, 0.1) is 11.4 Å².